The number of carbonyl (C=O) groups excluding carboxylic acids is 2. The maximum atomic E-state index is 12.4. The highest BCUT2D eigenvalue weighted by Gasteiger charge is 2.14. The van der Waals surface area contributed by atoms with Crippen molar-refractivity contribution in [3.63, 3.8) is 0 Å². The Labute approximate surface area is 204 Å². The summed E-state index contributed by atoms with van der Waals surface area (Å²) in [5.41, 5.74) is 6.75. The minimum atomic E-state index is -3.70. The first-order chi connectivity index (χ1) is 16.8. The summed E-state index contributed by atoms with van der Waals surface area (Å²) in [6, 6.07) is 16.5. The predicted octanol–water partition coefficient (Wildman–Crippen LogP) is 3.08. The number of hydrazine groups is 1. The van der Waals surface area contributed by atoms with Crippen molar-refractivity contribution in [2.24, 2.45) is 0 Å². The molecule has 1 aromatic heterocycles. The van der Waals surface area contributed by atoms with Gasteiger partial charge in [-0.25, -0.2) is 13.1 Å². The maximum Gasteiger partial charge on any atom is 0.269 e. The van der Waals surface area contributed by atoms with Gasteiger partial charge in [-0.15, -0.1) is 0 Å². The minimum Gasteiger partial charge on any atom is -0.468 e. The third-order valence-corrected chi connectivity index (χ3v) is 6.61. The van der Waals surface area contributed by atoms with Crippen LogP contribution in [0, 0.1) is 0 Å². The number of hydrogen-bond donors (Lipinski definition) is 3. The van der Waals surface area contributed by atoms with Gasteiger partial charge < -0.3 is 9.32 Å². The van der Waals surface area contributed by atoms with Crippen molar-refractivity contribution in [2.45, 2.75) is 25.3 Å². The quantitative estimate of drug-likeness (QED) is 0.293. The third-order valence-electron chi connectivity index (χ3n) is 5.19. The van der Waals surface area contributed by atoms with Gasteiger partial charge in [0, 0.05) is 30.4 Å². The second-order valence-corrected chi connectivity index (χ2v) is 9.24. The van der Waals surface area contributed by atoms with Gasteiger partial charge >= 0.3 is 0 Å². The molecule has 0 atom stereocenters. The van der Waals surface area contributed by atoms with Crippen LogP contribution < -0.4 is 20.5 Å². The van der Waals surface area contributed by atoms with E-state index in [2.05, 4.69) is 34.3 Å². The van der Waals surface area contributed by atoms with E-state index in [-0.39, 0.29) is 11.4 Å². The zero-order valence-electron chi connectivity index (χ0n) is 19.5. The Hall–Kier alpha value is -3.89. The molecule has 0 radical (unpaired) electrons. The zero-order valence-corrected chi connectivity index (χ0v) is 20.3. The van der Waals surface area contributed by atoms with Gasteiger partial charge in [0.2, 0.25) is 10.0 Å². The number of nitrogens with zero attached hydrogens (tertiary/aromatic N) is 1. The van der Waals surface area contributed by atoms with Crippen molar-refractivity contribution < 1.29 is 22.4 Å². The van der Waals surface area contributed by atoms with Crippen LogP contribution in [0.1, 0.15) is 35.5 Å². The fourth-order valence-corrected chi connectivity index (χ4v) is 4.23. The van der Waals surface area contributed by atoms with Gasteiger partial charge in [0.15, 0.2) is 0 Å². The van der Waals surface area contributed by atoms with Crippen molar-refractivity contribution in [3.05, 3.63) is 89.9 Å². The summed E-state index contributed by atoms with van der Waals surface area (Å²) < 4.78 is 32.3. The summed E-state index contributed by atoms with van der Waals surface area (Å²) in [6.45, 7) is 5.90. The summed E-state index contributed by atoms with van der Waals surface area (Å²) in [5.74, 6) is -0.466. The van der Waals surface area contributed by atoms with Crippen LogP contribution in [0.4, 0.5) is 5.69 Å². The molecule has 2 amide bonds. The molecule has 3 rings (SSSR count). The Morgan fingerprint density at radius 2 is 1.63 bits per heavy atom. The lowest BCUT2D eigenvalue weighted by Crippen LogP contribution is -2.40. The molecular formula is C25H28N4O5S. The lowest BCUT2D eigenvalue weighted by molar-refractivity contribution is -0.117. The fourth-order valence-electron chi connectivity index (χ4n) is 3.24. The largest absolute Gasteiger partial charge is 0.468 e. The van der Waals surface area contributed by atoms with Gasteiger partial charge in [0.25, 0.3) is 11.8 Å². The Bertz CT molecular complexity index is 1250. The molecule has 0 fully saturated rings. The topological polar surface area (TPSA) is 121 Å². The zero-order chi connectivity index (χ0) is 25.3. The van der Waals surface area contributed by atoms with Crippen LogP contribution in [0.5, 0.6) is 0 Å². The average Bonchev–Trinajstić information content (AvgIpc) is 3.40. The predicted molar refractivity (Wildman–Crippen MR) is 134 cm³/mol. The van der Waals surface area contributed by atoms with Crippen molar-refractivity contribution in [3.8, 4) is 0 Å². The van der Waals surface area contributed by atoms with Crippen molar-refractivity contribution in [1.29, 1.82) is 0 Å². The van der Waals surface area contributed by atoms with Crippen LogP contribution in [-0.2, 0) is 21.4 Å². The monoisotopic (exact) mass is 496 g/mol. The normalized spacial score (nSPS) is 11.4. The molecule has 1 heterocycles. The van der Waals surface area contributed by atoms with Gasteiger partial charge in [-0.1, -0.05) is 12.1 Å². The second kappa shape index (κ2) is 12.0. The van der Waals surface area contributed by atoms with Gasteiger partial charge in [-0.05, 0) is 74.0 Å². The Morgan fingerprint density at radius 1 is 0.943 bits per heavy atom. The average molecular weight is 497 g/mol. The number of benzene rings is 2. The lowest BCUT2D eigenvalue weighted by atomic mass is 10.2. The molecule has 0 aliphatic carbocycles. The second-order valence-electron chi connectivity index (χ2n) is 7.47. The number of sulfonamides is 1. The van der Waals surface area contributed by atoms with Crippen molar-refractivity contribution >= 4 is 33.6 Å². The number of amides is 2. The first kappa shape index (κ1) is 25.7. The van der Waals surface area contributed by atoms with Crippen LogP contribution in [0.2, 0.25) is 0 Å². The highest BCUT2D eigenvalue weighted by atomic mass is 32.2. The maximum absolute atomic E-state index is 12.4. The molecule has 0 aliphatic heterocycles. The summed E-state index contributed by atoms with van der Waals surface area (Å²) >= 11 is 0. The standard InChI is InChI=1S/C25H28N4O5S/c1-3-29(4-2)21-12-10-20(11-13-21)25(31)28-27-24(30)16-9-19-7-14-23(15-8-19)35(32,33)26-18-22-6-5-17-34-22/h5-17,26H,3-4,18H2,1-2H3,(H,27,30)(H,28,31)/b16-9+. The molecule has 184 valence electrons. The molecular weight excluding hydrogens is 468 g/mol. The van der Waals surface area contributed by atoms with Gasteiger partial charge in [-0.2, -0.15) is 0 Å². The molecule has 3 N–H and O–H groups in total. The van der Waals surface area contributed by atoms with E-state index < -0.39 is 21.8 Å². The first-order valence-electron chi connectivity index (χ1n) is 11.1. The number of rotatable bonds is 10. The van der Waals surface area contributed by atoms with E-state index in [0.29, 0.717) is 16.9 Å². The lowest BCUT2D eigenvalue weighted by Gasteiger charge is -2.21. The minimum absolute atomic E-state index is 0.0446. The van der Waals surface area contributed by atoms with Gasteiger partial charge in [0.05, 0.1) is 17.7 Å². The summed E-state index contributed by atoms with van der Waals surface area (Å²) in [5, 5.41) is 0. The summed E-state index contributed by atoms with van der Waals surface area (Å²) in [7, 11) is -3.70. The van der Waals surface area contributed by atoms with Crippen LogP contribution >= 0.6 is 0 Å². The van der Waals surface area contributed by atoms with E-state index in [4.69, 9.17) is 4.42 Å². The number of anilines is 1. The molecule has 0 unspecified atom stereocenters. The molecule has 9 nitrogen and oxygen atoms in total. The Morgan fingerprint density at radius 3 is 2.23 bits per heavy atom. The molecule has 35 heavy (non-hydrogen) atoms. The molecule has 0 spiro atoms. The molecule has 0 saturated carbocycles. The first-order valence-corrected chi connectivity index (χ1v) is 12.6. The number of furan rings is 1. The van der Waals surface area contributed by atoms with E-state index in [9.17, 15) is 18.0 Å². The highest BCUT2D eigenvalue weighted by Crippen LogP contribution is 2.15. The summed E-state index contributed by atoms with van der Waals surface area (Å²) in [6.07, 6.45) is 4.21. The molecule has 0 bridgehead atoms. The van der Waals surface area contributed by atoms with Crippen molar-refractivity contribution in [2.75, 3.05) is 18.0 Å². The fraction of sp³-hybridized carbons (Fsp3) is 0.200. The van der Waals surface area contributed by atoms with Gasteiger partial charge in [-0.3, -0.25) is 20.4 Å². The van der Waals surface area contributed by atoms with E-state index in [1.54, 1.807) is 36.4 Å². The number of nitrogens with one attached hydrogen (secondary N) is 3. The Balaban J connectivity index is 1.50. The van der Waals surface area contributed by atoms with Crippen LogP contribution in [0.25, 0.3) is 6.08 Å². The highest BCUT2D eigenvalue weighted by molar-refractivity contribution is 7.89. The van der Waals surface area contributed by atoms with E-state index >= 15 is 0 Å². The van der Waals surface area contributed by atoms with E-state index in [0.717, 1.165) is 18.8 Å². The Kier molecular flexibility index (Phi) is 8.82. The number of carbonyl (C=O) groups is 2. The third kappa shape index (κ3) is 7.29. The van der Waals surface area contributed by atoms with Crippen LogP contribution in [0.3, 0.4) is 0 Å². The molecule has 0 aliphatic rings. The van der Waals surface area contributed by atoms with E-state index in [1.807, 2.05) is 12.1 Å². The molecule has 10 heteroatoms. The molecule has 2 aromatic carbocycles. The molecule has 3 aromatic rings. The number of hydrogen-bond acceptors (Lipinski definition) is 6. The smallest absolute Gasteiger partial charge is 0.269 e. The molecule has 0 saturated heterocycles. The summed E-state index contributed by atoms with van der Waals surface area (Å²) in [4.78, 5) is 26.6. The van der Waals surface area contributed by atoms with Crippen LogP contribution in [-0.4, -0.2) is 33.3 Å². The van der Waals surface area contributed by atoms with Crippen molar-refractivity contribution in [1.82, 2.24) is 15.6 Å². The van der Waals surface area contributed by atoms with E-state index in [1.165, 1.54) is 30.5 Å². The van der Waals surface area contributed by atoms with Crippen LogP contribution in [0.15, 0.2) is 82.3 Å². The van der Waals surface area contributed by atoms with Gasteiger partial charge in [0.1, 0.15) is 5.76 Å². The SMILES string of the molecule is CCN(CC)c1ccc(C(=O)NNC(=O)/C=C/c2ccc(S(=O)(=O)NCc3ccco3)cc2)cc1.